The molecule has 0 aliphatic heterocycles. The Bertz CT molecular complexity index is 143. The first-order valence-electron chi connectivity index (χ1n) is 5.41. The van der Waals surface area contributed by atoms with Crippen molar-refractivity contribution in [1.82, 2.24) is 4.90 Å². The van der Waals surface area contributed by atoms with E-state index in [-0.39, 0.29) is 0 Å². The second-order valence-electron chi connectivity index (χ2n) is 4.68. The number of alkyl halides is 1. The molecule has 0 aromatic heterocycles. The Balaban J connectivity index is 2.27. The van der Waals surface area contributed by atoms with Gasteiger partial charge in [0.15, 0.2) is 0 Å². The van der Waals surface area contributed by atoms with Gasteiger partial charge in [-0.25, -0.2) is 0 Å². The maximum Gasteiger partial charge on any atom is 0.00923 e. The van der Waals surface area contributed by atoms with Gasteiger partial charge in [0.05, 0.1) is 0 Å². The van der Waals surface area contributed by atoms with E-state index in [1.807, 2.05) is 0 Å². The predicted molar refractivity (Wildman–Crippen MR) is 62.4 cm³/mol. The van der Waals surface area contributed by atoms with Crippen LogP contribution >= 0.6 is 15.9 Å². The van der Waals surface area contributed by atoms with E-state index in [4.69, 9.17) is 0 Å². The summed E-state index contributed by atoms with van der Waals surface area (Å²) in [5, 5.41) is 1.14. The Kier molecular flexibility index (Phi) is 4.74. The van der Waals surface area contributed by atoms with Crippen molar-refractivity contribution in [1.29, 1.82) is 0 Å². The van der Waals surface area contributed by atoms with Crippen LogP contribution < -0.4 is 0 Å². The number of rotatable bonds is 5. The van der Waals surface area contributed by atoms with Crippen molar-refractivity contribution in [2.75, 3.05) is 18.9 Å². The van der Waals surface area contributed by atoms with Crippen molar-refractivity contribution in [3.63, 3.8) is 0 Å². The van der Waals surface area contributed by atoms with Gasteiger partial charge in [-0.15, -0.1) is 0 Å². The summed E-state index contributed by atoms with van der Waals surface area (Å²) in [6.45, 7) is 5.90. The molecule has 1 atom stereocenters. The third-order valence-corrected chi connectivity index (χ3v) is 4.19. The highest BCUT2D eigenvalue weighted by molar-refractivity contribution is 9.09. The number of hydrogen-bond acceptors (Lipinski definition) is 1. The van der Waals surface area contributed by atoms with Crippen molar-refractivity contribution < 1.29 is 0 Å². The highest BCUT2D eigenvalue weighted by Crippen LogP contribution is 2.25. The van der Waals surface area contributed by atoms with Gasteiger partial charge < -0.3 is 4.90 Å². The van der Waals surface area contributed by atoms with Crippen molar-refractivity contribution in [2.45, 2.75) is 39.2 Å². The van der Waals surface area contributed by atoms with E-state index in [1.54, 1.807) is 0 Å². The Hall–Kier alpha value is 0.440. The van der Waals surface area contributed by atoms with E-state index in [9.17, 15) is 0 Å². The zero-order chi connectivity index (χ0) is 9.84. The van der Waals surface area contributed by atoms with Crippen LogP contribution in [0.2, 0.25) is 0 Å². The smallest absolute Gasteiger partial charge is 0.00923 e. The molecule has 0 heterocycles. The maximum absolute atomic E-state index is 3.61. The van der Waals surface area contributed by atoms with Gasteiger partial charge in [-0.05, 0) is 31.7 Å². The Labute approximate surface area is 91.0 Å². The van der Waals surface area contributed by atoms with Crippen LogP contribution in [0.1, 0.15) is 33.1 Å². The molecule has 1 fully saturated rings. The third-order valence-electron chi connectivity index (χ3n) is 3.36. The highest BCUT2D eigenvalue weighted by atomic mass is 79.9. The first kappa shape index (κ1) is 11.5. The minimum absolute atomic E-state index is 0.793. The van der Waals surface area contributed by atoms with Gasteiger partial charge in [0.2, 0.25) is 0 Å². The number of hydrogen-bond donors (Lipinski definition) is 0. The molecule has 0 amide bonds. The maximum atomic E-state index is 3.61. The first-order valence-corrected chi connectivity index (χ1v) is 6.53. The molecule has 0 aromatic carbocycles. The third kappa shape index (κ3) is 3.25. The van der Waals surface area contributed by atoms with Crippen LogP contribution in [-0.4, -0.2) is 29.9 Å². The summed E-state index contributed by atoms with van der Waals surface area (Å²) in [6.07, 6.45) is 4.28. The van der Waals surface area contributed by atoms with E-state index in [0.29, 0.717) is 0 Å². The van der Waals surface area contributed by atoms with Gasteiger partial charge in [0.25, 0.3) is 0 Å². The van der Waals surface area contributed by atoms with Crippen molar-refractivity contribution in [2.24, 2.45) is 11.8 Å². The average Bonchev–Trinajstić information content (AvgIpc) is 1.96. The fourth-order valence-corrected chi connectivity index (χ4v) is 2.74. The molecule has 1 nitrogen and oxygen atoms in total. The SMILES string of the molecule is CC(C)C(CBr)CN(C)C1CCC1. The molecule has 2 heteroatoms. The Morgan fingerprint density at radius 1 is 1.38 bits per heavy atom. The normalized spacial score (nSPS) is 20.8. The molecular weight excluding hydrogens is 226 g/mol. The lowest BCUT2D eigenvalue weighted by molar-refractivity contribution is 0.131. The molecule has 1 rings (SSSR count). The van der Waals surface area contributed by atoms with Crippen LogP contribution in [0.5, 0.6) is 0 Å². The second-order valence-corrected chi connectivity index (χ2v) is 5.33. The van der Waals surface area contributed by atoms with Gasteiger partial charge in [-0.1, -0.05) is 36.2 Å². The van der Waals surface area contributed by atoms with Crippen molar-refractivity contribution >= 4 is 15.9 Å². The molecule has 1 unspecified atom stereocenters. The minimum atomic E-state index is 0.793. The Morgan fingerprint density at radius 2 is 2.00 bits per heavy atom. The van der Waals surface area contributed by atoms with Crippen molar-refractivity contribution in [3.8, 4) is 0 Å². The predicted octanol–water partition coefficient (Wildman–Crippen LogP) is 3.14. The molecule has 1 aliphatic rings. The van der Waals surface area contributed by atoms with Crippen LogP contribution in [0.4, 0.5) is 0 Å². The molecule has 0 aromatic rings. The van der Waals surface area contributed by atoms with E-state index in [2.05, 4.69) is 41.7 Å². The Morgan fingerprint density at radius 3 is 2.31 bits per heavy atom. The zero-order valence-corrected chi connectivity index (χ0v) is 10.7. The van der Waals surface area contributed by atoms with E-state index < -0.39 is 0 Å². The summed E-state index contributed by atoms with van der Waals surface area (Å²) in [6, 6.07) is 0.889. The second kappa shape index (κ2) is 5.35. The van der Waals surface area contributed by atoms with Crippen LogP contribution in [-0.2, 0) is 0 Å². The van der Waals surface area contributed by atoms with Gasteiger partial charge in [-0.2, -0.15) is 0 Å². The molecule has 0 bridgehead atoms. The number of halogens is 1. The first-order chi connectivity index (χ1) is 6.15. The summed E-state index contributed by atoms with van der Waals surface area (Å²) in [4.78, 5) is 2.55. The van der Waals surface area contributed by atoms with Crippen LogP contribution in [0, 0.1) is 11.8 Å². The monoisotopic (exact) mass is 247 g/mol. The molecule has 78 valence electrons. The molecule has 0 saturated heterocycles. The van der Waals surface area contributed by atoms with E-state index in [0.717, 1.165) is 23.2 Å². The molecular formula is C11H22BrN. The molecule has 0 N–H and O–H groups in total. The highest BCUT2D eigenvalue weighted by Gasteiger charge is 2.24. The molecule has 1 aliphatic carbocycles. The lowest BCUT2D eigenvalue weighted by Crippen LogP contribution is -2.41. The van der Waals surface area contributed by atoms with Gasteiger partial charge in [0.1, 0.15) is 0 Å². The van der Waals surface area contributed by atoms with Gasteiger partial charge in [0, 0.05) is 17.9 Å². The molecule has 0 spiro atoms. The van der Waals surface area contributed by atoms with E-state index in [1.165, 1.54) is 25.8 Å². The summed E-state index contributed by atoms with van der Waals surface area (Å²) in [7, 11) is 2.28. The molecule has 13 heavy (non-hydrogen) atoms. The summed E-state index contributed by atoms with van der Waals surface area (Å²) in [5.41, 5.74) is 0. The van der Waals surface area contributed by atoms with Gasteiger partial charge >= 0.3 is 0 Å². The summed E-state index contributed by atoms with van der Waals surface area (Å²) >= 11 is 3.61. The summed E-state index contributed by atoms with van der Waals surface area (Å²) < 4.78 is 0. The topological polar surface area (TPSA) is 3.24 Å². The fraction of sp³-hybridized carbons (Fsp3) is 1.00. The van der Waals surface area contributed by atoms with Crippen LogP contribution in [0.25, 0.3) is 0 Å². The average molecular weight is 248 g/mol. The lowest BCUT2D eigenvalue weighted by Gasteiger charge is -2.37. The summed E-state index contributed by atoms with van der Waals surface area (Å²) in [5.74, 6) is 1.60. The fourth-order valence-electron chi connectivity index (χ4n) is 1.78. The largest absolute Gasteiger partial charge is 0.303 e. The lowest BCUT2D eigenvalue weighted by atomic mass is 9.90. The van der Waals surface area contributed by atoms with Crippen molar-refractivity contribution in [3.05, 3.63) is 0 Å². The van der Waals surface area contributed by atoms with Crippen LogP contribution in [0.15, 0.2) is 0 Å². The molecule has 1 saturated carbocycles. The zero-order valence-electron chi connectivity index (χ0n) is 9.09. The van der Waals surface area contributed by atoms with Crippen LogP contribution in [0.3, 0.4) is 0 Å². The minimum Gasteiger partial charge on any atom is -0.303 e. The van der Waals surface area contributed by atoms with Gasteiger partial charge in [-0.3, -0.25) is 0 Å². The molecule has 0 radical (unpaired) electrons. The quantitative estimate of drug-likeness (QED) is 0.675. The van der Waals surface area contributed by atoms with E-state index >= 15 is 0 Å². The number of nitrogens with zero attached hydrogens (tertiary/aromatic N) is 1. The standard InChI is InChI=1S/C11H22BrN/c1-9(2)10(7-12)8-13(3)11-5-4-6-11/h9-11H,4-8H2,1-3H3.